The molecule has 7 nitrogen and oxygen atoms in total. The number of hydrogen-bond donors (Lipinski definition) is 2. The Bertz CT molecular complexity index is 977. The van der Waals surface area contributed by atoms with E-state index in [1.54, 1.807) is 31.2 Å². The molecule has 0 fully saturated rings. The van der Waals surface area contributed by atoms with Gasteiger partial charge in [0.05, 0.1) is 11.6 Å². The van der Waals surface area contributed by atoms with Crippen LogP contribution >= 0.6 is 0 Å². The summed E-state index contributed by atoms with van der Waals surface area (Å²) in [5, 5.41) is 2.65. The van der Waals surface area contributed by atoms with Crippen LogP contribution < -0.4 is 20.5 Å². The van der Waals surface area contributed by atoms with E-state index in [1.807, 2.05) is 38.1 Å². The molecule has 33 heavy (non-hydrogen) atoms. The molecule has 1 heterocycles. The van der Waals surface area contributed by atoms with Gasteiger partial charge in [-0.15, -0.1) is 0 Å². The van der Waals surface area contributed by atoms with E-state index in [0.29, 0.717) is 18.4 Å². The van der Waals surface area contributed by atoms with Crippen LogP contribution in [0, 0.1) is 5.92 Å². The molecular formula is C26H32N2O5. The maximum Gasteiger partial charge on any atom is 0.334 e. The number of ketones is 1. The summed E-state index contributed by atoms with van der Waals surface area (Å²) in [5.74, 6) is 0.0228. The van der Waals surface area contributed by atoms with Crippen LogP contribution in [0.15, 0.2) is 48.5 Å². The lowest BCUT2D eigenvalue weighted by Gasteiger charge is -2.21. The predicted molar refractivity (Wildman–Crippen MR) is 125 cm³/mol. The number of benzene rings is 2. The third-order valence-electron chi connectivity index (χ3n) is 5.53. The Labute approximate surface area is 194 Å². The van der Waals surface area contributed by atoms with Crippen LogP contribution in [0.3, 0.4) is 0 Å². The molecule has 1 aliphatic heterocycles. The van der Waals surface area contributed by atoms with Crippen molar-refractivity contribution in [2.24, 2.45) is 11.7 Å². The Morgan fingerprint density at radius 3 is 2.48 bits per heavy atom. The molecule has 0 bridgehead atoms. The lowest BCUT2D eigenvalue weighted by Crippen LogP contribution is -2.49. The van der Waals surface area contributed by atoms with Gasteiger partial charge in [0.15, 0.2) is 5.78 Å². The number of para-hydroxylation sites is 2. The number of carbonyl (C=O) groups excluding carboxylic acids is 3. The number of nitrogens with two attached hydrogens (primary N) is 1. The second kappa shape index (κ2) is 11.1. The number of esters is 1. The minimum absolute atomic E-state index is 0.0510. The molecule has 1 amide bonds. The van der Waals surface area contributed by atoms with Crippen molar-refractivity contribution in [2.75, 3.05) is 0 Å². The SMILES string of the molecule is CC(C)C[C@H](NC(=O)C(C)N)C(=O)Oc1ccccc1C(=O)CC[C@H]1Cc2ccccc2O1. The topological polar surface area (TPSA) is 108 Å². The predicted octanol–water partition coefficient (Wildman–Crippen LogP) is 3.44. The van der Waals surface area contributed by atoms with Gasteiger partial charge in [0, 0.05) is 12.8 Å². The monoisotopic (exact) mass is 452 g/mol. The highest BCUT2D eigenvalue weighted by Crippen LogP contribution is 2.30. The number of hydrogen-bond acceptors (Lipinski definition) is 6. The first kappa shape index (κ1) is 24.5. The Morgan fingerprint density at radius 2 is 1.79 bits per heavy atom. The molecule has 0 saturated heterocycles. The summed E-state index contributed by atoms with van der Waals surface area (Å²) < 4.78 is 11.5. The Hall–Kier alpha value is -3.19. The van der Waals surface area contributed by atoms with E-state index in [0.717, 1.165) is 17.7 Å². The first-order valence-corrected chi connectivity index (χ1v) is 11.4. The molecule has 0 spiro atoms. The summed E-state index contributed by atoms with van der Waals surface area (Å²) in [6, 6.07) is 12.9. The minimum atomic E-state index is -0.850. The average molecular weight is 453 g/mol. The van der Waals surface area contributed by atoms with Gasteiger partial charge in [-0.3, -0.25) is 9.59 Å². The van der Waals surface area contributed by atoms with Crippen molar-refractivity contribution in [1.82, 2.24) is 5.32 Å². The summed E-state index contributed by atoms with van der Waals surface area (Å²) in [5.41, 5.74) is 7.11. The molecule has 1 aliphatic rings. The number of ether oxygens (including phenoxy) is 2. The van der Waals surface area contributed by atoms with Gasteiger partial charge in [0.25, 0.3) is 0 Å². The normalized spacial score (nSPS) is 16.5. The number of amides is 1. The third kappa shape index (κ3) is 6.65. The first-order valence-electron chi connectivity index (χ1n) is 11.4. The smallest absolute Gasteiger partial charge is 0.334 e. The van der Waals surface area contributed by atoms with E-state index in [-0.39, 0.29) is 30.0 Å². The zero-order valence-corrected chi connectivity index (χ0v) is 19.4. The van der Waals surface area contributed by atoms with E-state index < -0.39 is 24.0 Å². The van der Waals surface area contributed by atoms with Crippen LogP contribution in [0.1, 0.15) is 56.0 Å². The lowest BCUT2D eigenvalue weighted by molar-refractivity contribution is -0.140. The average Bonchev–Trinajstić information content (AvgIpc) is 3.20. The van der Waals surface area contributed by atoms with Crippen LogP contribution in [0.4, 0.5) is 0 Å². The van der Waals surface area contributed by atoms with Crippen LogP contribution in [-0.2, 0) is 16.0 Å². The van der Waals surface area contributed by atoms with Crippen molar-refractivity contribution >= 4 is 17.7 Å². The Kier molecular flexibility index (Phi) is 8.22. The first-order chi connectivity index (χ1) is 15.7. The highest BCUT2D eigenvalue weighted by molar-refractivity contribution is 5.99. The molecule has 0 aliphatic carbocycles. The van der Waals surface area contributed by atoms with Gasteiger partial charge >= 0.3 is 5.97 Å². The molecule has 0 aromatic heterocycles. The molecule has 3 rings (SSSR count). The second-order valence-corrected chi connectivity index (χ2v) is 8.91. The Balaban J connectivity index is 1.64. The summed E-state index contributed by atoms with van der Waals surface area (Å²) >= 11 is 0. The van der Waals surface area contributed by atoms with Gasteiger partial charge in [-0.25, -0.2) is 4.79 Å². The van der Waals surface area contributed by atoms with Gasteiger partial charge in [0.1, 0.15) is 23.6 Å². The molecule has 7 heteroatoms. The summed E-state index contributed by atoms with van der Waals surface area (Å²) in [7, 11) is 0. The van der Waals surface area contributed by atoms with Crippen molar-refractivity contribution in [3.63, 3.8) is 0 Å². The highest BCUT2D eigenvalue weighted by Gasteiger charge is 2.27. The largest absolute Gasteiger partial charge is 0.490 e. The summed E-state index contributed by atoms with van der Waals surface area (Å²) in [6.07, 6.45) is 1.95. The standard InChI is InChI=1S/C26H32N2O5/c1-16(2)14-21(28-25(30)17(3)27)26(31)33-24-11-7-5-9-20(24)22(29)13-12-19-15-18-8-4-6-10-23(18)32-19/h4-11,16-17,19,21H,12-15,27H2,1-3H3,(H,28,30)/t17?,19-,21-/m0/s1. The fourth-order valence-electron chi connectivity index (χ4n) is 3.80. The molecule has 0 radical (unpaired) electrons. The maximum atomic E-state index is 13.0. The second-order valence-electron chi connectivity index (χ2n) is 8.91. The Morgan fingerprint density at radius 1 is 1.09 bits per heavy atom. The van der Waals surface area contributed by atoms with E-state index in [1.165, 1.54) is 0 Å². The van der Waals surface area contributed by atoms with Crippen molar-refractivity contribution < 1.29 is 23.9 Å². The molecule has 2 aromatic carbocycles. The van der Waals surface area contributed by atoms with Crippen LogP contribution in [0.25, 0.3) is 0 Å². The van der Waals surface area contributed by atoms with Crippen molar-refractivity contribution in [3.05, 3.63) is 59.7 Å². The fourth-order valence-corrected chi connectivity index (χ4v) is 3.80. The van der Waals surface area contributed by atoms with E-state index in [9.17, 15) is 14.4 Å². The van der Waals surface area contributed by atoms with Crippen molar-refractivity contribution in [2.45, 2.75) is 64.6 Å². The maximum absolute atomic E-state index is 13.0. The summed E-state index contributed by atoms with van der Waals surface area (Å²) in [6.45, 7) is 5.44. The van der Waals surface area contributed by atoms with Crippen LogP contribution in [0.2, 0.25) is 0 Å². The molecule has 2 aromatic rings. The van der Waals surface area contributed by atoms with Crippen LogP contribution in [-0.4, -0.2) is 35.8 Å². The van der Waals surface area contributed by atoms with Crippen LogP contribution in [0.5, 0.6) is 11.5 Å². The van der Waals surface area contributed by atoms with Gasteiger partial charge in [-0.05, 0) is 49.4 Å². The van der Waals surface area contributed by atoms with Gasteiger partial charge in [-0.1, -0.05) is 44.2 Å². The van der Waals surface area contributed by atoms with Gasteiger partial charge in [-0.2, -0.15) is 0 Å². The van der Waals surface area contributed by atoms with E-state index in [4.69, 9.17) is 15.2 Å². The quantitative estimate of drug-likeness (QED) is 0.325. The molecule has 3 atom stereocenters. The zero-order valence-electron chi connectivity index (χ0n) is 19.4. The van der Waals surface area contributed by atoms with Gasteiger partial charge in [0.2, 0.25) is 5.91 Å². The number of fused-ring (bicyclic) bond motifs is 1. The number of Topliss-reactive ketones (excluding diaryl/α,β-unsaturated/α-hetero) is 1. The molecule has 1 unspecified atom stereocenters. The molecule has 3 N–H and O–H groups in total. The van der Waals surface area contributed by atoms with E-state index >= 15 is 0 Å². The number of carbonyl (C=O) groups is 3. The fraction of sp³-hybridized carbons (Fsp3) is 0.423. The third-order valence-corrected chi connectivity index (χ3v) is 5.53. The zero-order chi connectivity index (χ0) is 24.0. The lowest BCUT2D eigenvalue weighted by atomic mass is 10.0. The summed E-state index contributed by atoms with van der Waals surface area (Å²) in [4.78, 5) is 37.9. The molecular weight excluding hydrogens is 420 g/mol. The van der Waals surface area contributed by atoms with Gasteiger partial charge < -0.3 is 20.5 Å². The minimum Gasteiger partial charge on any atom is -0.490 e. The number of nitrogens with one attached hydrogen (secondary N) is 1. The number of rotatable bonds is 10. The molecule has 176 valence electrons. The highest BCUT2D eigenvalue weighted by atomic mass is 16.5. The van der Waals surface area contributed by atoms with E-state index in [2.05, 4.69) is 5.32 Å². The molecule has 0 saturated carbocycles. The van der Waals surface area contributed by atoms with Crippen molar-refractivity contribution in [3.8, 4) is 11.5 Å². The van der Waals surface area contributed by atoms with Crippen molar-refractivity contribution in [1.29, 1.82) is 0 Å².